The maximum atomic E-state index is 5.95. The number of hydrogen-bond donors (Lipinski definition) is 1. The number of benzene rings is 1. The summed E-state index contributed by atoms with van der Waals surface area (Å²) in [6.45, 7) is 1.81. The van der Waals surface area contributed by atoms with Gasteiger partial charge in [0, 0.05) is 23.7 Å². The fourth-order valence-electron chi connectivity index (χ4n) is 1.61. The molecule has 2 rings (SSSR count). The van der Waals surface area contributed by atoms with E-state index >= 15 is 0 Å². The monoisotopic (exact) mass is 209 g/mol. The van der Waals surface area contributed by atoms with Crippen LogP contribution in [0.25, 0.3) is 5.57 Å². The van der Waals surface area contributed by atoms with Gasteiger partial charge in [0.05, 0.1) is 7.11 Å². The highest BCUT2D eigenvalue weighted by Crippen LogP contribution is 2.29. The Bertz CT molecular complexity index is 374. The average molecular weight is 210 g/mol. The molecule has 1 aromatic carbocycles. The molecule has 3 heteroatoms. The molecule has 1 heterocycles. The summed E-state index contributed by atoms with van der Waals surface area (Å²) in [6, 6.07) is 5.68. The molecule has 1 aliphatic rings. The topological polar surface area (TPSA) is 21.3 Å². The molecule has 0 radical (unpaired) electrons. The zero-order chi connectivity index (χ0) is 9.97. The van der Waals surface area contributed by atoms with Crippen LogP contribution in [0.4, 0.5) is 0 Å². The van der Waals surface area contributed by atoms with Gasteiger partial charge >= 0.3 is 0 Å². The maximum absolute atomic E-state index is 5.95. The molecule has 0 bridgehead atoms. The summed E-state index contributed by atoms with van der Waals surface area (Å²) >= 11 is 5.95. The second kappa shape index (κ2) is 4.03. The van der Waals surface area contributed by atoms with Gasteiger partial charge in [-0.05, 0) is 23.8 Å². The Hall–Kier alpha value is -0.990. The fourth-order valence-corrected chi connectivity index (χ4v) is 1.78. The molecule has 1 N–H and O–H groups in total. The lowest BCUT2D eigenvalue weighted by Crippen LogP contribution is -2.07. The highest BCUT2D eigenvalue weighted by molar-refractivity contribution is 6.30. The minimum Gasteiger partial charge on any atom is -0.496 e. The van der Waals surface area contributed by atoms with Crippen molar-refractivity contribution in [3.05, 3.63) is 34.9 Å². The predicted molar refractivity (Wildman–Crippen MR) is 58.9 cm³/mol. The molecular formula is C11H12ClNO. The van der Waals surface area contributed by atoms with E-state index in [1.807, 2.05) is 18.2 Å². The van der Waals surface area contributed by atoms with E-state index < -0.39 is 0 Å². The van der Waals surface area contributed by atoms with Crippen molar-refractivity contribution in [2.75, 3.05) is 20.2 Å². The number of rotatable bonds is 2. The van der Waals surface area contributed by atoms with E-state index in [0.29, 0.717) is 0 Å². The molecule has 1 aromatic rings. The van der Waals surface area contributed by atoms with Gasteiger partial charge in [-0.25, -0.2) is 0 Å². The fraction of sp³-hybridized carbons (Fsp3) is 0.273. The first-order chi connectivity index (χ1) is 6.81. The first-order valence-electron chi connectivity index (χ1n) is 4.55. The summed E-state index contributed by atoms with van der Waals surface area (Å²) in [6.07, 6.45) is 2.16. The van der Waals surface area contributed by atoms with Crippen molar-refractivity contribution in [1.82, 2.24) is 5.32 Å². The van der Waals surface area contributed by atoms with E-state index in [2.05, 4.69) is 11.4 Å². The van der Waals surface area contributed by atoms with Gasteiger partial charge in [0.1, 0.15) is 5.75 Å². The minimum absolute atomic E-state index is 0.744. The van der Waals surface area contributed by atoms with Crippen LogP contribution in [-0.2, 0) is 0 Å². The van der Waals surface area contributed by atoms with Gasteiger partial charge in [-0.1, -0.05) is 17.7 Å². The third-order valence-corrected chi connectivity index (χ3v) is 2.55. The van der Waals surface area contributed by atoms with Crippen molar-refractivity contribution in [2.45, 2.75) is 0 Å². The van der Waals surface area contributed by atoms with Crippen molar-refractivity contribution >= 4 is 17.2 Å². The summed E-state index contributed by atoms with van der Waals surface area (Å²) < 4.78 is 5.29. The largest absolute Gasteiger partial charge is 0.496 e. The van der Waals surface area contributed by atoms with Crippen molar-refractivity contribution in [2.24, 2.45) is 0 Å². The Labute approximate surface area is 88.5 Å². The quantitative estimate of drug-likeness (QED) is 0.808. The van der Waals surface area contributed by atoms with Gasteiger partial charge in [-0.2, -0.15) is 0 Å². The zero-order valence-electron chi connectivity index (χ0n) is 8.01. The van der Waals surface area contributed by atoms with Gasteiger partial charge in [0.2, 0.25) is 0 Å². The lowest BCUT2D eigenvalue weighted by Gasteiger charge is -2.09. The second-order valence-electron chi connectivity index (χ2n) is 3.20. The number of methoxy groups -OCH3 is 1. The number of ether oxygens (including phenoxy) is 1. The van der Waals surface area contributed by atoms with Crippen LogP contribution in [0.2, 0.25) is 5.02 Å². The SMILES string of the molecule is COc1ccc(Cl)cc1C1=CCNC1. The Balaban J connectivity index is 2.43. The van der Waals surface area contributed by atoms with Crippen molar-refractivity contribution in [1.29, 1.82) is 0 Å². The lowest BCUT2D eigenvalue weighted by molar-refractivity contribution is 0.413. The van der Waals surface area contributed by atoms with Gasteiger partial charge < -0.3 is 10.1 Å². The van der Waals surface area contributed by atoms with E-state index in [1.54, 1.807) is 7.11 Å². The van der Waals surface area contributed by atoms with Crippen LogP contribution in [0, 0.1) is 0 Å². The molecule has 0 fully saturated rings. The molecule has 0 unspecified atom stereocenters. The Morgan fingerprint density at radius 3 is 2.93 bits per heavy atom. The Kier molecular flexibility index (Phi) is 2.75. The molecule has 0 aliphatic carbocycles. The van der Waals surface area contributed by atoms with Crippen molar-refractivity contribution < 1.29 is 4.74 Å². The molecule has 2 nitrogen and oxygen atoms in total. The second-order valence-corrected chi connectivity index (χ2v) is 3.64. The molecule has 74 valence electrons. The van der Waals surface area contributed by atoms with E-state index in [-0.39, 0.29) is 0 Å². The molecule has 1 aliphatic heterocycles. The third-order valence-electron chi connectivity index (χ3n) is 2.32. The Morgan fingerprint density at radius 1 is 1.43 bits per heavy atom. The summed E-state index contributed by atoms with van der Waals surface area (Å²) in [5.41, 5.74) is 2.34. The van der Waals surface area contributed by atoms with Crippen molar-refractivity contribution in [3.63, 3.8) is 0 Å². The molecule has 14 heavy (non-hydrogen) atoms. The van der Waals surface area contributed by atoms with Gasteiger partial charge in [0.15, 0.2) is 0 Å². The number of hydrogen-bond acceptors (Lipinski definition) is 2. The summed E-state index contributed by atoms with van der Waals surface area (Å²) in [5, 5.41) is 3.99. The zero-order valence-corrected chi connectivity index (χ0v) is 8.77. The summed E-state index contributed by atoms with van der Waals surface area (Å²) in [4.78, 5) is 0. The Morgan fingerprint density at radius 2 is 2.29 bits per heavy atom. The summed E-state index contributed by atoms with van der Waals surface area (Å²) in [7, 11) is 1.68. The third kappa shape index (κ3) is 1.76. The normalized spacial score (nSPS) is 15.4. The predicted octanol–water partition coefficient (Wildman–Crippen LogP) is 2.34. The molecular weight excluding hydrogens is 198 g/mol. The maximum Gasteiger partial charge on any atom is 0.126 e. The standard InChI is InChI=1S/C11H12ClNO/c1-14-11-3-2-9(12)6-10(11)8-4-5-13-7-8/h2-4,6,13H,5,7H2,1H3. The number of halogens is 1. The van der Waals surface area contributed by atoms with Crippen LogP contribution in [-0.4, -0.2) is 20.2 Å². The van der Waals surface area contributed by atoms with Gasteiger partial charge in [-0.15, -0.1) is 0 Å². The average Bonchev–Trinajstić information content (AvgIpc) is 2.70. The van der Waals surface area contributed by atoms with Crippen LogP contribution in [0.3, 0.4) is 0 Å². The first kappa shape index (κ1) is 9.56. The lowest BCUT2D eigenvalue weighted by atomic mass is 10.1. The molecule has 0 saturated carbocycles. The van der Waals surface area contributed by atoms with Crippen LogP contribution in [0.15, 0.2) is 24.3 Å². The smallest absolute Gasteiger partial charge is 0.126 e. The van der Waals surface area contributed by atoms with Crippen LogP contribution < -0.4 is 10.1 Å². The van der Waals surface area contributed by atoms with Crippen molar-refractivity contribution in [3.8, 4) is 5.75 Å². The van der Waals surface area contributed by atoms with Crippen LogP contribution in [0.1, 0.15) is 5.56 Å². The molecule has 0 spiro atoms. The first-order valence-corrected chi connectivity index (χ1v) is 4.92. The molecule has 0 amide bonds. The highest BCUT2D eigenvalue weighted by atomic mass is 35.5. The van der Waals surface area contributed by atoms with Crippen LogP contribution >= 0.6 is 11.6 Å². The van der Waals surface area contributed by atoms with Gasteiger partial charge in [-0.3, -0.25) is 0 Å². The molecule has 0 saturated heterocycles. The van der Waals surface area contributed by atoms with Crippen LogP contribution in [0.5, 0.6) is 5.75 Å². The highest BCUT2D eigenvalue weighted by Gasteiger charge is 2.11. The minimum atomic E-state index is 0.744. The van der Waals surface area contributed by atoms with E-state index in [9.17, 15) is 0 Å². The van der Waals surface area contributed by atoms with Gasteiger partial charge in [0.25, 0.3) is 0 Å². The number of nitrogens with one attached hydrogen (secondary N) is 1. The van der Waals surface area contributed by atoms with E-state index in [0.717, 1.165) is 29.4 Å². The molecule has 0 aromatic heterocycles. The van der Waals surface area contributed by atoms with E-state index in [1.165, 1.54) is 5.57 Å². The van der Waals surface area contributed by atoms with E-state index in [4.69, 9.17) is 16.3 Å². The molecule has 0 atom stereocenters. The summed E-state index contributed by atoms with van der Waals surface area (Å²) in [5.74, 6) is 0.879.